The Bertz CT molecular complexity index is 1620. The summed E-state index contributed by atoms with van der Waals surface area (Å²) in [7, 11) is 0. The van der Waals surface area contributed by atoms with E-state index < -0.39 is 23.5 Å². The van der Waals surface area contributed by atoms with Crippen LogP contribution in [0.5, 0.6) is 0 Å². The number of halogens is 2. The van der Waals surface area contributed by atoms with Crippen LogP contribution in [-0.4, -0.2) is 38.1 Å². The molecule has 2 aromatic carbocycles. The predicted molar refractivity (Wildman–Crippen MR) is 145 cm³/mol. The number of hydrogen-bond donors (Lipinski definition) is 2. The van der Waals surface area contributed by atoms with Gasteiger partial charge < -0.3 is 15.2 Å². The number of benzene rings is 2. The Hall–Kier alpha value is -4.07. The van der Waals surface area contributed by atoms with Crippen LogP contribution >= 0.6 is 23.1 Å². The van der Waals surface area contributed by atoms with E-state index in [0.29, 0.717) is 16.6 Å². The average Bonchev–Trinajstić information content (AvgIpc) is 3.46. The second-order valence-corrected chi connectivity index (χ2v) is 9.65. The maximum absolute atomic E-state index is 14.2. The first-order valence-electron chi connectivity index (χ1n) is 11.6. The van der Waals surface area contributed by atoms with Crippen molar-refractivity contribution in [2.45, 2.75) is 33.2 Å². The van der Waals surface area contributed by atoms with E-state index in [-0.39, 0.29) is 41.2 Å². The molecule has 0 saturated heterocycles. The van der Waals surface area contributed by atoms with E-state index >= 15 is 0 Å². The van der Waals surface area contributed by atoms with Gasteiger partial charge in [-0.05, 0) is 55.2 Å². The summed E-state index contributed by atoms with van der Waals surface area (Å²) < 4.78 is 20.7. The van der Waals surface area contributed by atoms with Gasteiger partial charge in [-0.15, -0.1) is 5.92 Å². The van der Waals surface area contributed by atoms with Crippen LogP contribution in [0.2, 0.25) is 5.02 Å². The Labute approximate surface area is 227 Å². The van der Waals surface area contributed by atoms with Crippen LogP contribution in [0, 0.1) is 17.7 Å². The molecule has 0 unspecified atom stereocenters. The highest BCUT2D eigenvalue weighted by molar-refractivity contribution is 7.13. The molecular weight excluding hydrogens is 529 g/mol. The zero-order valence-electron chi connectivity index (χ0n) is 20.8. The maximum atomic E-state index is 14.2. The fraction of sp³-hybridized carbons (Fsp3) is 0.222. The molecular formula is C27H23ClFN5O3S. The first-order valence-corrected chi connectivity index (χ1v) is 12.7. The Morgan fingerprint density at radius 3 is 2.68 bits per heavy atom. The number of fused-ring (bicyclic) bond motifs is 1. The molecule has 194 valence electrons. The van der Waals surface area contributed by atoms with Gasteiger partial charge in [0, 0.05) is 16.3 Å². The SMILES string of the molecule is CC#CCNC(=O)c1nc(NC(=O)c2nsc3ccccc23)c([C@@H](C)c2cc(F)ccc2Cl)n1CC(C)=O. The van der Waals surface area contributed by atoms with Crippen molar-refractivity contribution in [2.24, 2.45) is 0 Å². The van der Waals surface area contributed by atoms with Crippen molar-refractivity contribution in [2.75, 3.05) is 11.9 Å². The van der Waals surface area contributed by atoms with Gasteiger partial charge in [-0.1, -0.05) is 42.6 Å². The van der Waals surface area contributed by atoms with Gasteiger partial charge >= 0.3 is 0 Å². The molecule has 0 saturated carbocycles. The number of anilines is 1. The predicted octanol–water partition coefficient (Wildman–Crippen LogP) is 5.03. The van der Waals surface area contributed by atoms with E-state index in [1.807, 2.05) is 12.1 Å². The number of rotatable bonds is 8. The van der Waals surface area contributed by atoms with Crippen molar-refractivity contribution in [1.29, 1.82) is 0 Å². The molecule has 0 spiro atoms. The van der Waals surface area contributed by atoms with Gasteiger partial charge in [0.2, 0.25) is 5.82 Å². The molecule has 8 nitrogen and oxygen atoms in total. The molecule has 4 aromatic rings. The first kappa shape index (κ1) is 27.0. The molecule has 2 N–H and O–H groups in total. The number of ketones is 1. The van der Waals surface area contributed by atoms with E-state index in [4.69, 9.17) is 11.6 Å². The van der Waals surface area contributed by atoms with Crippen LogP contribution in [0.25, 0.3) is 10.1 Å². The third-order valence-corrected chi connectivity index (χ3v) is 6.93. The van der Waals surface area contributed by atoms with Gasteiger partial charge in [0.15, 0.2) is 5.82 Å². The van der Waals surface area contributed by atoms with Gasteiger partial charge in [-0.25, -0.2) is 9.37 Å². The highest BCUT2D eigenvalue weighted by Crippen LogP contribution is 2.36. The summed E-state index contributed by atoms with van der Waals surface area (Å²) in [4.78, 5) is 43.1. The highest BCUT2D eigenvalue weighted by Gasteiger charge is 2.30. The summed E-state index contributed by atoms with van der Waals surface area (Å²) >= 11 is 7.58. The number of carbonyl (C=O) groups excluding carboxylic acids is 3. The summed E-state index contributed by atoms with van der Waals surface area (Å²) in [6.07, 6.45) is 0. The maximum Gasteiger partial charge on any atom is 0.288 e. The van der Waals surface area contributed by atoms with Crippen LogP contribution in [0.3, 0.4) is 0 Å². The number of nitrogens with zero attached hydrogens (tertiary/aromatic N) is 3. The second kappa shape index (κ2) is 11.5. The van der Waals surface area contributed by atoms with Crippen molar-refractivity contribution >= 4 is 56.6 Å². The number of aromatic nitrogens is 3. The summed E-state index contributed by atoms with van der Waals surface area (Å²) in [5.41, 5.74) is 0.903. The number of hydrogen-bond acceptors (Lipinski definition) is 6. The Morgan fingerprint density at radius 1 is 1.18 bits per heavy atom. The lowest BCUT2D eigenvalue weighted by molar-refractivity contribution is -0.117. The second-order valence-electron chi connectivity index (χ2n) is 8.44. The third kappa shape index (κ3) is 5.59. The van der Waals surface area contributed by atoms with Crippen molar-refractivity contribution in [3.63, 3.8) is 0 Å². The lowest BCUT2D eigenvalue weighted by Gasteiger charge is -2.19. The largest absolute Gasteiger partial charge is 0.338 e. The van der Waals surface area contributed by atoms with E-state index in [9.17, 15) is 18.8 Å². The number of carbonyl (C=O) groups is 3. The van der Waals surface area contributed by atoms with E-state index in [0.717, 1.165) is 4.70 Å². The fourth-order valence-electron chi connectivity index (χ4n) is 4.05. The third-order valence-electron chi connectivity index (χ3n) is 5.76. The van der Waals surface area contributed by atoms with Crippen molar-refractivity contribution in [3.05, 3.63) is 76.1 Å². The topological polar surface area (TPSA) is 106 Å². The molecule has 2 aromatic heterocycles. The van der Waals surface area contributed by atoms with E-state index in [2.05, 4.69) is 31.8 Å². The first-order chi connectivity index (χ1) is 18.2. The number of nitrogens with one attached hydrogen (secondary N) is 2. The minimum atomic E-state index is -0.662. The molecule has 0 radical (unpaired) electrons. The molecule has 0 bridgehead atoms. The van der Waals surface area contributed by atoms with Gasteiger partial charge in [-0.2, -0.15) is 4.37 Å². The Balaban J connectivity index is 1.86. The quantitative estimate of drug-likeness (QED) is 0.299. The van der Waals surface area contributed by atoms with Crippen LogP contribution in [0.1, 0.15) is 59.1 Å². The lowest BCUT2D eigenvalue weighted by Crippen LogP contribution is -2.28. The van der Waals surface area contributed by atoms with Gasteiger partial charge in [0.1, 0.15) is 17.3 Å². The molecule has 0 aliphatic rings. The molecule has 2 amide bonds. The molecule has 0 aliphatic heterocycles. The highest BCUT2D eigenvalue weighted by atomic mass is 35.5. The average molecular weight is 552 g/mol. The molecule has 11 heteroatoms. The molecule has 4 rings (SSSR count). The normalized spacial score (nSPS) is 11.5. The standard InChI is InChI=1S/C27H23ClFN5O3S/c1-4-5-12-30-27(37)25-31-24(32-26(36)22-18-8-6-7-9-21(18)38-33-22)23(34(25)14-15(2)35)16(3)19-13-17(29)10-11-20(19)28/h6-11,13,16H,12,14H2,1-3H3,(H,30,37)(H,32,36)/t16-/m0/s1. The summed E-state index contributed by atoms with van der Waals surface area (Å²) in [5.74, 6) is 2.79. The molecule has 0 fully saturated rings. The number of Topliss-reactive ketones (excluding diaryl/α,β-unsaturated/α-hetero) is 1. The fourth-order valence-corrected chi connectivity index (χ4v) is 5.11. The minimum absolute atomic E-state index is 0.0351. The molecule has 38 heavy (non-hydrogen) atoms. The van der Waals surface area contributed by atoms with Gasteiger partial charge in [0.05, 0.1) is 23.5 Å². The van der Waals surface area contributed by atoms with Gasteiger partial charge in [0.25, 0.3) is 11.8 Å². The van der Waals surface area contributed by atoms with Crippen LogP contribution < -0.4 is 10.6 Å². The Kier molecular flexibility index (Phi) is 8.20. The monoisotopic (exact) mass is 551 g/mol. The van der Waals surface area contributed by atoms with Gasteiger partial charge in [-0.3, -0.25) is 14.4 Å². The molecule has 0 aliphatic carbocycles. The van der Waals surface area contributed by atoms with Crippen molar-refractivity contribution in [1.82, 2.24) is 19.2 Å². The smallest absolute Gasteiger partial charge is 0.288 e. The number of amides is 2. The zero-order chi connectivity index (χ0) is 27.4. The Morgan fingerprint density at radius 2 is 1.95 bits per heavy atom. The minimum Gasteiger partial charge on any atom is -0.338 e. The lowest BCUT2D eigenvalue weighted by atomic mass is 9.96. The summed E-state index contributed by atoms with van der Waals surface area (Å²) in [6.45, 7) is 4.59. The van der Waals surface area contributed by atoms with Crippen LogP contribution in [0.15, 0.2) is 42.5 Å². The zero-order valence-corrected chi connectivity index (χ0v) is 22.3. The van der Waals surface area contributed by atoms with Crippen LogP contribution in [0.4, 0.5) is 10.2 Å². The van der Waals surface area contributed by atoms with Crippen LogP contribution in [-0.2, 0) is 11.3 Å². The number of imidazole rings is 1. The molecule has 2 heterocycles. The van der Waals surface area contributed by atoms with Crippen molar-refractivity contribution in [3.8, 4) is 11.8 Å². The van der Waals surface area contributed by atoms with Crippen molar-refractivity contribution < 1.29 is 18.8 Å². The summed E-state index contributed by atoms with van der Waals surface area (Å²) in [6, 6.07) is 11.2. The van der Waals surface area contributed by atoms with E-state index in [1.54, 1.807) is 26.0 Å². The van der Waals surface area contributed by atoms with E-state index in [1.165, 1.54) is 41.2 Å². The molecule has 1 atom stereocenters. The summed E-state index contributed by atoms with van der Waals surface area (Å²) in [5, 5.41) is 6.35.